The highest BCUT2D eigenvalue weighted by Gasteiger charge is 2.28. The fourth-order valence-electron chi connectivity index (χ4n) is 1.60. The number of methoxy groups -OCH3 is 1. The van der Waals surface area contributed by atoms with Crippen LogP contribution in [0, 0.1) is 6.92 Å². The van der Waals surface area contributed by atoms with E-state index in [2.05, 4.69) is 25.1 Å². The summed E-state index contributed by atoms with van der Waals surface area (Å²) in [5.41, 5.74) is 2.50. The lowest BCUT2D eigenvalue weighted by Gasteiger charge is -2.03. The first kappa shape index (κ1) is 9.59. The summed E-state index contributed by atoms with van der Waals surface area (Å²) in [7, 11) is 1.44. The van der Waals surface area contributed by atoms with Crippen molar-refractivity contribution in [3.63, 3.8) is 0 Å². The zero-order valence-corrected chi connectivity index (χ0v) is 9.06. The second-order valence-corrected chi connectivity index (χ2v) is 4.69. The molecule has 1 aliphatic rings. The van der Waals surface area contributed by atoms with Crippen molar-refractivity contribution in [1.82, 2.24) is 0 Å². The van der Waals surface area contributed by atoms with Gasteiger partial charge in [0.1, 0.15) is 5.25 Å². The number of rotatable bonds is 1. The average molecular weight is 208 g/mol. The number of hydrogen-bond acceptors (Lipinski definition) is 3. The summed E-state index contributed by atoms with van der Waals surface area (Å²) in [6, 6.07) is 6.31. The first-order chi connectivity index (χ1) is 6.70. The van der Waals surface area contributed by atoms with Crippen molar-refractivity contribution in [2.75, 3.05) is 7.11 Å². The van der Waals surface area contributed by atoms with Crippen molar-refractivity contribution in [2.45, 2.75) is 23.5 Å². The lowest BCUT2D eigenvalue weighted by molar-refractivity contribution is -0.139. The molecular weight excluding hydrogens is 196 g/mol. The first-order valence-corrected chi connectivity index (χ1v) is 5.42. The summed E-state index contributed by atoms with van der Waals surface area (Å²) in [6.07, 6.45) is 0.799. The third-order valence-electron chi connectivity index (χ3n) is 2.36. The third kappa shape index (κ3) is 1.64. The molecule has 2 rings (SSSR count). The minimum atomic E-state index is -0.121. The fourth-order valence-corrected chi connectivity index (χ4v) is 2.92. The van der Waals surface area contributed by atoms with Crippen LogP contribution in [0.2, 0.25) is 0 Å². The maximum absolute atomic E-state index is 11.3. The van der Waals surface area contributed by atoms with E-state index in [1.54, 1.807) is 11.8 Å². The van der Waals surface area contributed by atoms with Gasteiger partial charge in [-0.2, -0.15) is 0 Å². The molecule has 1 unspecified atom stereocenters. The summed E-state index contributed by atoms with van der Waals surface area (Å²) in [5, 5.41) is -0.0446. The molecule has 1 heterocycles. The van der Waals surface area contributed by atoms with Crippen LogP contribution < -0.4 is 0 Å². The van der Waals surface area contributed by atoms with Gasteiger partial charge in [0.15, 0.2) is 0 Å². The largest absolute Gasteiger partial charge is 0.468 e. The maximum atomic E-state index is 11.3. The van der Waals surface area contributed by atoms with Crippen LogP contribution in [-0.2, 0) is 16.0 Å². The highest BCUT2D eigenvalue weighted by Crippen LogP contribution is 2.37. The van der Waals surface area contributed by atoms with Crippen LogP contribution in [0.15, 0.2) is 23.1 Å². The van der Waals surface area contributed by atoms with Crippen molar-refractivity contribution in [2.24, 2.45) is 0 Å². The maximum Gasteiger partial charge on any atom is 0.319 e. The smallest absolute Gasteiger partial charge is 0.319 e. The van der Waals surface area contributed by atoms with E-state index in [0.717, 1.165) is 6.42 Å². The molecule has 0 bridgehead atoms. The van der Waals surface area contributed by atoms with Gasteiger partial charge in [0.25, 0.3) is 0 Å². The van der Waals surface area contributed by atoms with Gasteiger partial charge in [-0.15, -0.1) is 11.8 Å². The van der Waals surface area contributed by atoms with Gasteiger partial charge >= 0.3 is 5.97 Å². The molecule has 0 aromatic heterocycles. The minimum Gasteiger partial charge on any atom is -0.468 e. The average Bonchev–Trinajstić information content (AvgIpc) is 2.59. The number of benzene rings is 1. The Morgan fingerprint density at radius 3 is 3.07 bits per heavy atom. The topological polar surface area (TPSA) is 26.3 Å². The summed E-state index contributed by atoms with van der Waals surface area (Å²) >= 11 is 1.61. The predicted octanol–water partition coefficient (Wildman–Crippen LogP) is 2.18. The number of carbonyl (C=O) groups is 1. The molecule has 0 radical (unpaired) electrons. The number of thioether (sulfide) groups is 1. The van der Waals surface area contributed by atoms with Crippen molar-refractivity contribution >= 4 is 17.7 Å². The first-order valence-electron chi connectivity index (χ1n) is 4.54. The van der Waals surface area contributed by atoms with Crippen molar-refractivity contribution in [3.05, 3.63) is 29.3 Å². The number of aryl methyl sites for hydroxylation is 1. The molecule has 0 amide bonds. The summed E-state index contributed by atoms with van der Waals surface area (Å²) in [4.78, 5) is 12.5. The quantitative estimate of drug-likeness (QED) is 0.662. The van der Waals surface area contributed by atoms with Crippen molar-refractivity contribution in [3.8, 4) is 0 Å². The fraction of sp³-hybridized carbons (Fsp3) is 0.364. The molecule has 0 aliphatic carbocycles. The van der Waals surface area contributed by atoms with Crippen LogP contribution in [0.5, 0.6) is 0 Å². The van der Waals surface area contributed by atoms with E-state index in [-0.39, 0.29) is 11.2 Å². The van der Waals surface area contributed by atoms with E-state index < -0.39 is 0 Å². The summed E-state index contributed by atoms with van der Waals surface area (Å²) < 4.78 is 4.74. The molecule has 0 N–H and O–H groups in total. The van der Waals surface area contributed by atoms with E-state index in [1.165, 1.54) is 23.1 Å². The lowest BCUT2D eigenvalue weighted by Crippen LogP contribution is -2.17. The zero-order chi connectivity index (χ0) is 10.1. The van der Waals surface area contributed by atoms with Crippen LogP contribution in [-0.4, -0.2) is 18.3 Å². The second-order valence-electron chi connectivity index (χ2n) is 3.44. The van der Waals surface area contributed by atoms with E-state index >= 15 is 0 Å². The van der Waals surface area contributed by atoms with E-state index in [4.69, 9.17) is 4.74 Å². The molecule has 1 aromatic carbocycles. The van der Waals surface area contributed by atoms with Gasteiger partial charge in [0.05, 0.1) is 7.11 Å². The highest BCUT2D eigenvalue weighted by atomic mass is 32.2. The van der Waals surface area contributed by atoms with Gasteiger partial charge in [0, 0.05) is 4.90 Å². The standard InChI is InChI=1S/C11H12O2S/c1-7-3-4-8-6-10(11(12)13-2)14-9(8)5-7/h3-5,10H,6H2,1-2H3. The van der Waals surface area contributed by atoms with E-state index in [0.29, 0.717) is 0 Å². The SMILES string of the molecule is COC(=O)C1Cc2ccc(C)cc2S1. The van der Waals surface area contributed by atoms with Crippen LogP contribution in [0.25, 0.3) is 0 Å². The molecule has 2 nitrogen and oxygen atoms in total. The number of fused-ring (bicyclic) bond motifs is 1. The van der Waals surface area contributed by atoms with Crippen molar-refractivity contribution < 1.29 is 9.53 Å². The number of esters is 1. The molecule has 1 aliphatic heterocycles. The Morgan fingerprint density at radius 2 is 2.36 bits per heavy atom. The molecule has 1 aromatic rings. The molecule has 3 heteroatoms. The molecule has 0 saturated carbocycles. The second kappa shape index (κ2) is 3.65. The van der Waals surface area contributed by atoms with Gasteiger partial charge in [-0.25, -0.2) is 0 Å². The van der Waals surface area contributed by atoms with Crippen LogP contribution in [0.1, 0.15) is 11.1 Å². The molecule has 74 valence electrons. The van der Waals surface area contributed by atoms with Crippen LogP contribution in [0.3, 0.4) is 0 Å². The normalized spacial score (nSPS) is 19.1. The molecule has 0 saturated heterocycles. The Balaban J connectivity index is 2.22. The molecule has 14 heavy (non-hydrogen) atoms. The third-order valence-corrected chi connectivity index (χ3v) is 3.64. The van der Waals surface area contributed by atoms with E-state index in [9.17, 15) is 4.79 Å². The number of ether oxygens (including phenoxy) is 1. The summed E-state index contributed by atoms with van der Waals surface area (Å²) in [6.45, 7) is 2.06. The van der Waals surface area contributed by atoms with Gasteiger partial charge in [-0.05, 0) is 25.0 Å². The van der Waals surface area contributed by atoms with Crippen LogP contribution >= 0.6 is 11.8 Å². The summed E-state index contributed by atoms with van der Waals surface area (Å²) in [5.74, 6) is -0.121. The molecular formula is C11H12O2S. The van der Waals surface area contributed by atoms with Gasteiger partial charge in [0.2, 0.25) is 0 Å². The van der Waals surface area contributed by atoms with Crippen LogP contribution in [0.4, 0.5) is 0 Å². The zero-order valence-electron chi connectivity index (χ0n) is 8.24. The van der Waals surface area contributed by atoms with Crippen molar-refractivity contribution in [1.29, 1.82) is 0 Å². The number of hydrogen-bond donors (Lipinski definition) is 0. The van der Waals surface area contributed by atoms with Gasteiger partial charge < -0.3 is 4.74 Å². The molecule has 1 atom stereocenters. The van der Waals surface area contributed by atoms with Gasteiger partial charge in [-0.3, -0.25) is 4.79 Å². The Labute approximate surface area is 87.6 Å². The minimum absolute atomic E-state index is 0.0446. The Morgan fingerprint density at radius 1 is 1.57 bits per heavy atom. The Hall–Kier alpha value is -0.960. The Kier molecular flexibility index (Phi) is 2.50. The monoisotopic (exact) mass is 208 g/mol. The number of carbonyl (C=O) groups excluding carboxylic acids is 1. The van der Waals surface area contributed by atoms with E-state index in [1.807, 2.05) is 0 Å². The van der Waals surface area contributed by atoms with Gasteiger partial charge in [-0.1, -0.05) is 17.7 Å². The molecule has 0 spiro atoms. The molecule has 0 fully saturated rings. The lowest BCUT2D eigenvalue weighted by atomic mass is 10.1. The predicted molar refractivity (Wildman–Crippen MR) is 56.5 cm³/mol. The highest BCUT2D eigenvalue weighted by molar-refractivity contribution is 8.01. The Bertz CT molecular complexity index is 374.